The first-order valence-corrected chi connectivity index (χ1v) is 14.5. The standard InChI is InChI=1S/C29H39NO5/c1-3-13(2)12-30-26(31)18-8-4-14-16-6-10-20-25-21(29(34)35-28(20)33)11-7-17(23(16)25)15-5-9-19(27(30)32)24(18)22(14)15/h13-25H,3-12H2,1-2H3. The molecule has 9 atom stereocenters. The van der Waals surface area contributed by atoms with Crippen LogP contribution in [0, 0.1) is 76.9 Å². The average Bonchev–Trinajstić information content (AvgIpc) is 2.87. The van der Waals surface area contributed by atoms with Gasteiger partial charge in [0.2, 0.25) is 11.8 Å². The highest BCUT2D eigenvalue weighted by Gasteiger charge is 2.67. The quantitative estimate of drug-likeness (QED) is 0.345. The zero-order valence-corrected chi connectivity index (χ0v) is 21.1. The fraction of sp³-hybridized carbons (Fsp3) is 0.862. The van der Waals surface area contributed by atoms with Crippen molar-refractivity contribution in [3.05, 3.63) is 0 Å². The molecule has 35 heavy (non-hydrogen) atoms. The Balaban J connectivity index is 1.24. The maximum absolute atomic E-state index is 13.7. The number of hydrogen-bond acceptors (Lipinski definition) is 5. The Kier molecular flexibility index (Phi) is 5.06. The van der Waals surface area contributed by atoms with Crippen molar-refractivity contribution in [2.75, 3.05) is 6.54 Å². The van der Waals surface area contributed by atoms with Crippen LogP contribution in [0.15, 0.2) is 0 Å². The van der Waals surface area contributed by atoms with E-state index in [9.17, 15) is 19.2 Å². The average molecular weight is 482 g/mol. The maximum atomic E-state index is 13.7. The van der Waals surface area contributed by atoms with Gasteiger partial charge >= 0.3 is 11.9 Å². The molecule has 5 saturated carbocycles. The highest BCUT2D eigenvalue weighted by atomic mass is 16.6. The molecule has 7 fully saturated rings. The number of ether oxygens (including phenoxy) is 1. The minimum Gasteiger partial charge on any atom is -0.393 e. The third-order valence-electron chi connectivity index (χ3n) is 12.2. The van der Waals surface area contributed by atoms with Gasteiger partial charge in [0.25, 0.3) is 0 Å². The lowest BCUT2D eigenvalue weighted by molar-refractivity contribution is -0.217. The summed E-state index contributed by atoms with van der Waals surface area (Å²) in [5.74, 6) is 3.32. The number of imide groups is 1. The van der Waals surface area contributed by atoms with Crippen molar-refractivity contribution >= 4 is 23.8 Å². The normalized spacial score (nSPS) is 50.7. The Morgan fingerprint density at radius 2 is 1.06 bits per heavy atom. The van der Waals surface area contributed by atoms with E-state index in [4.69, 9.17) is 4.74 Å². The molecule has 2 amide bonds. The summed E-state index contributed by atoms with van der Waals surface area (Å²) in [6.07, 6.45) is 8.69. The molecule has 0 bridgehead atoms. The van der Waals surface area contributed by atoms with Gasteiger partial charge in [0.05, 0.1) is 11.8 Å². The van der Waals surface area contributed by atoms with Crippen molar-refractivity contribution in [1.82, 2.24) is 4.90 Å². The fourth-order valence-corrected chi connectivity index (χ4v) is 10.9. The number of fused-ring (bicyclic) bond motifs is 2. The van der Waals surface area contributed by atoms with Crippen molar-refractivity contribution < 1.29 is 23.9 Å². The predicted octanol–water partition coefficient (Wildman–Crippen LogP) is 4.07. The molecule has 2 heterocycles. The molecule has 6 nitrogen and oxygen atoms in total. The molecule has 0 aromatic heterocycles. The number of amides is 2. The fourth-order valence-electron chi connectivity index (χ4n) is 10.9. The number of esters is 2. The van der Waals surface area contributed by atoms with Gasteiger partial charge in [-0.2, -0.15) is 0 Å². The number of carbonyl (C=O) groups excluding carboxylic acids is 4. The molecule has 0 spiro atoms. The highest BCUT2D eigenvalue weighted by Crippen LogP contribution is 2.69. The number of nitrogens with zero attached hydrogens (tertiary/aromatic N) is 1. The van der Waals surface area contributed by atoms with Crippen LogP contribution in [0.1, 0.15) is 71.6 Å². The summed E-state index contributed by atoms with van der Waals surface area (Å²) in [6.45, 7) is 4.85. The Morgan fingerprint density at radius 1 is 0.657 bits per heavy atom. The topological polar surface area (TPSA) is 80.8 Å². The van der Waals surface area contributed by atoms with Crippen LogP contribution in [0.4, 0.5) is 0 Å². The molecule has 9 unspecified atom stereocenters. The molecule has 2 aliphatic heterocycles. The second-order valence-corrected chi connectivity index (χ2v) is 13.2. The van der Waals surface area contributed by atoms with E-state index in [1.807, 2.05) is 0 Å². The minimum absolute atomic E-state index is 0.0151. The maximum Gasteiger partial charge on any atom is 0.316 e. The zero-order valence-electron chi connectivity index (χ0n) is 21.1. The molecule has 2 saturated heterocycles. The number of carbonyl (C=O) groups is 4. The second-order valence-electron chi connectivity index (χ2n) is 13.2. The van der Waals surface area contributed by atoms with E-state index in [2.05, 4.69) is 13.8 Å². The van der Waals surface area contributed by atoms with Crippen LogP contribution in [0.2, 0.25) is 0 Å². The lowest BCUT2D eigenvalue weighted by Crippen LogP contribution is -2.67. The summed E-state index contributed by atoms with van der Waals surface area (Å²) in [5.41, 5.74) is 0. The molecule has 7 aliphatic rings. The van der Waals surface area contributed by atoms with E-state index < -0.39 is 0 Å². The molecule has 190 valence electrons. The second kappa shape index (κ2) is 7.89. The van der Waals surface area contributed by atoms with Gasteiger partial charge in [-0.3, -0.25) is 24.1 Å². The van der Waals surface area contributed by atoms with Crippen LogP contribution in [0.3, 0.4) is 0 Å². The summed E-state index contributed by atoms with van der Waals surface area (Å²) >= 11 is 0. The molecule has 0 N–H and O–H groups in total. The van der Waals surface area contributed by atoms with Crippen LogP contribution in [-0.4, -0.2) is 35.2 Å². The van der Waals surface area contributed by atoms with Gasteiger partial charge in [0.1, 0.15) is 0 Å². The number of piperidine rings is 1. The van der Waals surface area contributed by atoms with Crippen LogP contribution >= 0.6 is 0 Å². The van der Waals surface area contributed by atoms with Crippen molar-refractivity contribution in [2.45, 2.75) is 71.6 Å². The molecule has 7 rings (SSSR count). The first-order chi connectivity index (χ1) is 16.9. The molecular formula is C29H39NO5. The number of cyclic esters (lactones) is 2. The molecule has 0 aromatic carbocycles. The van der Waals surface area contributed by atoms with Gasteiger partial charge in [-0.15, -0.1) is 0 Å². The highest BCUT2D eigenvalue weighted by molar-refractivity contribution is 6.00. The van der Waals surface area contributed by atoms with Crippen LogP contribution in [0.5, 0.6) is 0 Å². The van der Waals surface area contributed by atoms with Crippen LogP contribution in [-0.2, 0) is 23.9 Å². The van der Waals surface area contributed by atoms with Gasteiger partial charge in [-0.05, 0) is 105 Å². The van der Waals surface area contributed by atoms with E-state index >= 15 is 0 Å². The van der Waals surface area contributed by atoms with Crippen LogP contribution < -0.4 is 0 Å². The van der Waals surface area contributed by atoms with Gasteiger partial charge in [0.15, 0.2) is 0 Å². The van der Waals surface area contributed by atoms with E-state index in [0.29, 0.717) is 48.0 Å². The number of likely N-dealkylation sites (tertiary alicyclic amines) is 1. The van der Waals surface area contributed by atoms with E-state index in [0.717, 1.165) is 57.8 Å². The lowest BCUT2D eigenvalue weighted by atomic mass is 9.38. The summed E-state index contributed by atoms with van der Waals surface area (Å²) in [5, 5.41) is 0. The Labute approximate surface area is 207 Å². The number of rotatable bonds is 3. The summed E-state index contributed by atoms with van der Waals surface area (Å²) in [4.78, 5) is 54.4. The minimum atomic E-state index is -0.269. The smallest absolute Gasteiger partial charge is 0.316 e. The first kappa shape index (κ1) is 22.5. The van der Waals surface area contributed by atoms with Crippen LogP contribution in [0.25, 0.3) is 0 Å². The van der Waals surface area contributed by atoms with Gasteiger partial charge < -0.3 is 4.74 Å². The molecule has 5 aliphatic carbocycles. The van der Waals surface area contributed by atoms with Gasteiger partial charge in [-0.1, -0.05) is 20.3 Å². The van der Waals surface area contributed by atoms with E-state index in [1.54, 1.807) is 4.90 Å². The van der Waals surface area contributed by atoms with E-state index in [-0.39, 0.29) is 59.3 Å². The third kappa shape index (κ3) is 2.94. The lowest BCUT2D eigenvalue weighted by Gasteiger charge is -2.67. The van der Waals surface area contributed by atoms with Crippen molar-refractivity contribution in [2.24, 2.45) is 76.9 Å². The SMILES string of the molecule is CCC(C)CN1C(=O)C2CCC3C4CCC5C(=O)OC(=O)C6CCC(C7CCC(C1=O)C2C37)C4C56. The Hall–Kier alpha value is -1.72. The first-order valence-electron chi connectivity index (χ1n) is 14.5. The largest absolute Gasteiger partial charge is 0.393 e. The number of hydrogen-bond donors (Lipinski definition) is 0. The van der Waals surface area contributed by atoms with Gasteiger partial charge in [-0.25, -0.2) is 0 Å². The monoisotopic (exact) mass is 481 g/mol. The van der Waals surface area contributed by atoms with Crippen molar-refractivity contribution in [3.63, 3.8) is 0 Å². The van der Waals surface area contributed by atoms with Crippen molar-refractivity contribution in [3.8, 4) is 0 Å². The summed E-state index contributed by atoms with van der Waals surface area (Å²) < 4.78 is 5.21. The van der Waals surface area contributed by atoms with E-state index in [1.165, 1.54) is 0 Å². The van der Waals surface area contributed by atoms with Crippen molar-refractivity contribution in [1.29, 1.82) is 0 Å². The molecule has 6 heteroatoms. The third-order valence-corrected chi connectivity index (χ3v) is 12.2. The van der Waals surface area contributed by atoms with Gasteiger partial charge in [0, 0.05) is 18.4 Å². The molecule has 0 radical (unpaired) electrons. The summed E-state index contributed by atoms with van der Waals surface area (Å²) in [7, 11) is 0. The molecule has 0 aromatic rings. The predicted molar refractivity (Wildman–Crippen MR) is 126 cm³/mol. The summed E-state index contributed by atoms with van der Waals surface area (Å²) in [6, 6.07) is 0. The Bertz CT molecular complexity index is 910. The zero-order chi connectivity index (χ0) is 24.2. The molecular weight excluding hydrogens is 442 g/mol. The Morgan fingerprint density at radius 3 is 1.49 bits per heavy atom.